The van der Waals surface area contributed by atoms with Crippen LogP contribution in [0.3, 0.4) is 0 Å². The molecule has 1 aromatic heterocycles. The molecule has 1 aliphatic heterocycles. The van der Waals surface area contributed by atoms with E-state index < -0.39 is 10.0 Å². The molecule has 0 amide bonds. The fourth-order valence-electron chi connectivity index (χ4n) is 2.63. The molecule has 118 valence electrons. The van der Waals surface area contributed by atoms with Crippen molar-refractivity contribution < 1.29 is 8.42 Å². The SMILES string of the molecule is CN(C)CC1CCN(S(=O)(=O)c2cc(Br)cnc2N)CC1. The predicted molar refractivity (Wildman–Crippen MR) is 86.4 cm³/mol. The van der Waals surface area contributed by atoms with Gasteiger partial charge in [-0.1, -0.05) is 0 Å². The summed E-state index contributed by atoms with van der Waals surface area (Å²) >= 11 is 3.24. The van der Waals surface area contributed by atoms with E-state index >= 15 is 0 Å². The Morgan fingerprint density at radius 3 is 2.62 bits per heavy atom. The van der Waals surface area contributed by atoms with E-state index in [0.29, 0.717) is 23.5 Å². The molecule has 0 bridgehead atoms. The Hall–Kier alpha value is -0.700. The van der Waals surface area contributed by atoms with Crippen LogP contribution in [0.4, 0.5) is 5.82 Å². The smallest absolute Gasteiger partial charge is 0.246 e. The number of nitrogen functional groups attached to an aromatic ring is 1. The van der Waals surface area contributed by atoms with Crippen LogP contribution in [0.15, 0.2) is 21.6 Å². The van der Waals surface area contributed by atoms with Crippen LogP contribution < -0.4 is 5.73 Å². The number of piperidine rings is 1. The zero-order valence-corrected chi connectivity index (χ0v) is 14.7. The van der Waals surface area contributed by atoms with E-state index in [1.807, 2.05) is 14.1 Å². The minimum Gasteiger partial charge on any atom is -0.383 e. The van der Waals surface area contributed by atoms with Crippen LogP contribution in [0, 0.1) is 5.92 Å². The molecule has 1 fully saturated rings. The van der Waals surface area contributed by atoms with Gasteiger partial charge in [0.2, 0.25) is 10.0 Å². The first-order valence-electron chi connectivity index (χ1n) is 6.86. The summed E-state index contributed by atoms with van der Waals surface area (Å²) in [6.45, 7) is 2.06. The number of nitrogens with two attached hydrogens (primary N) is 1. The summed E-state index contributed by atoms with van der Waals surface area (Å²) in [6.07, 6.45) is 3.25. The van der Waals surface area contributed by atoms with Gasteiger partial charge in [0.15, 0.2) is 0 Å². The van der Waals surface area contributed by atoms with E-state index in [-0.39, 0.29) is 10.7 Å². The summed E-state index contributed by atoms with van der Waals surface area (Å²) in [7, 11) is 0.512. The minimum atomic E-state index is -3.56. The van der Waals surface area contributed by atoms with Gasteiger partial charge >= 0.3 is 0 Å². The van der Waals surface area contributed by atoms with Crippen LogP contribution in [0.5, 0.6) is 0 Å². The Morgan fingerprint density at radius 2 is 2.05 bits per heavy atom. The molecule has 2 heterocycles. The Labute approximate surface area is 134 Å². The first-order chi connectivity index (χ1) is 9.80. The quantitative estimate of drug-likeness (QED) is 0.858. The summed E-state index contributed by atoms with van der Waals surface area (Å²) in [5.41, 5.74) is 5.73. The van der Waals surface area contributed by atoms with Gasteiger partial charge in [-0.25, -0.2) is 13.4 Å². The van der Waals surface area contributed by atoms with E-state index in [1.165, 1.54) is 16.6 Å². The van der Waals surface area contributed by atoms with Crippen molar-refractivity contribution in [3.63, 3.8) is 0 Å². The Bertz CT molecular complexity index is 598. The van der Waals surface area contributed by atoms with E-state index in [0.717, 1.165) is 19.4 Å². The Kier molecular flexibility index (Phi) is 5.24. The van der Waals surface area contributed by atoms with E-state index in [2.05, 4.69) is 25.8 Å². The summed E-state index contributed by atoms with van der Waals surface area (Å²) in [6, 6.07) is 1.52. The molecule has 1 aromatic rings. The highest BCUT2D eigenvalue weighted by Crippen LogP contribution is 2.27. The van der Waals surface area contributed by atoms with Crippen molar-refractivity contribution in [1.82, 2.24) is 14.2 Å². The molecule has 0 atom stereocenters. The third kappa shape index (κ3) is 3.94. The topological polar surface area (TPSA) is 79.5 Å². The van der Waals surface area contributed by atoms with Gasteiger partial charge in [0.1, 0.15) is 10.7 Å². The van der Waals surface area contributed by atoms with Gasteiger partial charge in [0.05, 0.1) is 0 Å². The molecule has 0 aliphatic carbocycles. The molecule has 2 rings (SSSR count). The third-order valence-corrected chi connectivity index (χ3v) is 6.02. The number of anilines is 1. The summed E-state index contributed by atoms with van der Waals surface area (Å²) in [5.74, 6) is 0.595. The van der Waals surface area contributed by atoms with Crippen molar-refractivity contribution in [3.05, 3.63) is 16.7 Å². The second kappa shape index (κ2) is 6.60. The number of aromatic nitrogens is 1. The average molecular weight is 377 g/mol. The second-order valence-electron chi connectivity index (χ2n) is 5.65. The van der Waals surface area contributed by atoms with Gasteiger partial charge < -0.3 is 10.6 Å². The molecule has 0 radical (unpaired) electrons. The molecule has 0 spiro atoms. The Balaban J connectivity index is 2.13. The van der Waals surface area contributed by atoms with Gasteiger partial charge in [-0.3, -0.25) is 0 Å². The van der Waals surface area contributed by atoms with Crippen LogP contribution in [0.2, 0.25) is 0 Å². The van der Waals surface area contributed by atoms with Crippen molar-refractivity contribution in [3.8, 4) is 0 Å². The molecule has 1 aliphatic rings. The molecular weight excluding hydrogens is 356 g/mol. The molecular formula is C13H21BrN4O2S. The number of rotatable bonds is 4. The number of nitrogens with zero attached hydrogens (tertiary/aromatic N) is 3. The fourth-order valence-corrected chi connectivity index (χ4v) is 4.67. The highest BCUT2D eigenvalue weighted by Gasteiger charge is 2.31. The number of halogens is 1. The van der Waals surface area contributed by atoms with Crippen LogP contribution >= 0.6 is 15.9 Å². The van der Waals surface area contributed by atoms with Crippen LogP contribution in [-0.4, -0.2) is 56.3 Å². The van der Waals surface area contributed by atoms with Crippen molar-refractivity contribution in [2.45, 2.75) is 17.7 Å². The number of pyridine rings is 1. The Morgan fingerprint density at radius 1 is 1.43 bits per heavy atom. The van der Waals surface area contributed by atoms with Crippen LogP contribution in [-0.2, 0) is 10.0 Å². The zero-order valence-electron chi connectivity index (χ0n) is 12.3. The molecule has 0 saturated carbocycles. The highest BCUT2D eigenvalue weighted by atomic mass is 79.9. The van der Waals surface area contributed by atoms with Crippen LogP contribution in [0.25, 0.3) is 0 Å². The fraction of sp³-hybridized carbons (Fsp3) is 0.615. The molecule has 1 saturated heterocycles. The summed E-state index contributed by atoms with van der Waals surface area (Å²) in [4.78, 5) is 6.14. The first-order valence-corrected chi connectivity index (χ1v) is 9.10. The highest BCUT2D eigenvalue weighted by molar-refractivity contribution is 9.10. The molecule has 0 aromatic carbocycles. The van der Waals surface area contributed by atoms with Gasteiger partial charge in [-0.15, -0.1) is 0 Å². The average Bonchev–Trinajstić information content (AvgIpc) is 2.41. The molecule has 21 heavy (non-hydrogen) atoms. The maximum absolute atomic E-state index is 12.7. The van der Waals surface area contributed by atoms with Crippen LogP contribution in [0.1, 0.15) is 12.8 Å². The molecule has 0 unspecified atom stereocenters. The lowest BCUT2D eigenvalue weighted by atomic mass is 9.98. The number of hydrogen-bond donors (Lipinski definition) is 1. The maximum atomic E-state index is 12.7. The van der Waals surface area contributed by atoms with E-state index in [4.69, 9.17) is 5.73 Å². The normalized spacial score (nSPS) is 18.3. The monoisotopic (exact) mass is 376 g/mol. The minimum absolute atomic E-state index is 0.0496. The lowest BCUT2D eigenvalue weighted by Gasteiger charge is -2.32. The van der Waals surface area contributed by atoms with E-state index in [1.54, 1.807) is 0 Å². The number of sulfonamides is 1. The van der Waals surface area contributed by atoms with Gasteiger partial charge in [-0.05, 0) is 54.9 Å². The van der Waals surface area contributed by atoms with Gasteiger partial charge in [0, 0.05) is 30.3 Å². The van der Waals surface area contributed by atoms with Gasteiger partial charge in [0.25, 0.3) is 0 Å². The molecule has 8 heteroatoms. The third-order valence-electron chi connectivity index (χ3n) is 3.66. The lowest BCUT2D eigenvalue weighted by molar-refractivity contribution is 0.225. The van der Waals surface area contributed by atoms with Gasteiger partial charge in [-0.2, -0.15) is 4.31 Å². The van der Waals surface area contributed by atoms with Crippen molar-refractivity contribution in [2.24, 2.45) is 5.92 Å². The summed E-state index contributed by atoms with van der Waals surface area (Å²) in [5, 5.41) is 0. The predicted octanol–water partition coefficient (Wildman–Crippen LogP) is 1.39. The van der Waals surface area contributed by atoms with Crippen molar-refractivity contribution in [1.29, 1.82) is 0 Å². The molecule has 6 nitrogen and oxygen atoms in total. The maximum Gasteiger partial charge on any atom is 0.246 e. The molecule has 2 N–H and O–H groups in total. The lowest BCUT2D eigenvalue weighted by Crippen LogP contribution is -2.40. The first kappa shape index (κ1) is 16.7. The largest absolute Gasteiger partial charge is 0.383 e. The summed E-state index contributed by atoms with van der Waals surface area (Å²) < 4.78 is 27.4. The zero-order chi connectivity index (χ0) is 15.6. The van der Waals surface area contributed by atoms with Crippen molar-refractivity contribution >= 4 is 31.8 Å². The standard InChI is InChI=1S/C13H21BrN4O2S/c1-17(2)9-10-3-5-18(6-4-10)21(19,20)12-7-11(14)8-16-13(12)15/h7-8,10H,3-6,9H2,1-2H3,(H2,15,16). The van der Waals surface area contributed by atoms with E-state index in [9.17, 15) is 8.42 Å². The second-order valence-corrected chi connectivity index (χ2v) is 8.47. The number of hydrogen-bond acceptors (Lipinski definition) is 5. The van der Waals surface area contributed by atoms with Crippen molar-refractivity contribution in [2.75, 3.05) is 39.5 Å².